The van der Waals surface area contributed by atoms with Crippen molar-refractivity contribution in [2.75, 3.05) is 0 Å². The number of nitrogens with two attached hydrogens (primary N) is 1. The molecule has 0 fully saturated rings. The van der Waals surface area contributed by atoms with Gasteiger partial charge in [-0.1, -0.05) is 91.0 Å². The van der Waals surface area contributed by atoms with Crippen molar-refractivity contribution in [1.82, 2.24) is 0 Å². The molecule has 0 atom stereocenters. The van der Waals surface area contributed by atoms with Crippen molar-refractivity contribution in [3.05, 3.63) is 91.0 Å². The van der Waals surface area contributed by atoms with E-state index in [4.69, 9.17) is 0 Å². The van der Waals surface area contributed by atoms with Crippen LogP contribution in [-0.4, -0.2) is 13.9 Å². The van der Waals surface area contributed by atoms with Gasteiger partial charge in [-0.25, -0.2) is 13.6 Å². The van der Waals surface area contributed by atoms with Gasteiger partial charge in [-0.3, -0.25) is 0 Å². The number of benzene rings is 3. The molecule has 0 aliphatic rings. The van der Waals surface area contributed by atoms with Gasteiger partial charge < -0.3 is 0 Å². The first kappa shape index (κ1) is 24.6. The van der Waals surface area contributed by atoms with Crippen LogP contribution in [0.25, 0.3) is 0 Å². The summed E-state index contributed by atoms with van der Waals surface area (Å²) in [7, 11) is -5.79. The molecule has 3 aromatic rings. The van der Waals surface area contributed by atoms with E-state index in [-0.39, 0.29) is 22.4 Å². The van der Waals surface area contributed by atoms with E-state index in [0.29, 0.717) is 0 Å². The van der Waals surface area contributed by atoms with E-state index < -0.39 is 23.5 Å². The quantitative estimate of drug-likeness (QED) is 0.367. The molecule has 0 bridgehead atoms. The summed E-state index contributed by atoms with van der Waals surface area (Å²) < 4.78 is 51.2. The van der Waals surface area contributed by atoms with E-state index in [9.17, 15) is 21.6 Å². The Balaban J connectivity index is 0.000000376. The van der Waals surface area contributed by atoms with Crippen LogP contribution >= 0.6 is 7.92 Å². The smallest absolute Gasteiger partial charge is 0.221 e. The van der Waals surface area contributed by atoms with Crippen LogP contribution in [0.5, 0.6) is 0 Å². The minimum Gasteiger partial charge on any atom is -0.221 e. The largest absolute Gasteiger partial charge is 0.511 e. The van der Waals surface area contributed by atoms with Crippen LogP contribution < -0.4 is 21.1 Å². The van der Waals surface area contributed by atoms with E-state index in [1.807, 2.05) is 0 Å². The SMILES string of the molecule is NS(=O)(=O)C(F)(F)F.[Au].c1ccc(P(c2ccccc2)c2ccccc2)cc1. The van der Waals surface area contributed by atoms with Crippen molar-refractivity contribution >= 4 is 33.9 Å². The predicted octanol–water partition coefficient (Wildman–Crippen LogP) is 3.24. The van der Waals surface area contributed by atoms with Crippen LogP contribution in [0.1, 0.15) is 0 Å². The Bertz CT molecular complexity index is 847. The van der Waals surface area contributed by atoms with Crippen molar-refractivity contribution < 1.29 is 44.0 Å². The molecular weight excluding hydrogens is 591 g/mol. The van der Waals surface area contributed by atoms with E-state index >= 15 is 0 Å². The Morgan fingerprint density at radius 1 is 0.643 bits per heavy atom. The summed E-state index contributed by atoms with van der Waals surface area (Å²) in [4.78, 5) is 0. The average Bonchev–Trinajstić information content (AvgIpc) is 2.64. The van der Waals surface area contributed by atoms with Gasteiger partial charge in [-0.2, -0.15) is 13.2 Å². The maximum Gasteiger partial charge on any atom is 0.511 e. The monoisotopic (exact) mass is 608 g/mol. The molecule has 153 valence electrons. The van der Waals surface area contributed by atoms with E-state index in [2.05, 4.69) is 96.1 Å². The van der Waals surface area contributed by atoms with Gasteiger partial charge in [0.1, 0.15) is 0 Å². The molecule has 9 heteroatoms. The summed E-state index contributed by atoms with van der Waals surface area (Å²) in [6.45, 7) is 0. The zero-order valence-corrected chi connectivity index (χ0v) is 18.2. The molecular formula is C19H17AuF3NO2PS. The molecule has 2 N–H and O–H groups in total. The van der Waals surface area contributed by atoms with Crippen molar-refractivity contribution in [3.63, 3.8) is 0 Å². The Kier molecular flexibility index (Phi) is 9.57. The van der Waals surface area contributed by atoms with Crippen LogP contribution in [0.15, 0.2) is 91.0 Å². The van der Waals surface area contributed by atoms with Gasteiger partial charge in [-0.15, -0.1) is 0 Å². The molecule has 3 nitrogen and oxygen atoms in total. The Labute approximate surface area is 179 Å². The van der Waals surface area contributed by atoms with Crippen LogP contribution in [0.2, 0.25) is 0 Å². The van der Waals surface area contributed by atoms with Crippen molar-refractivity contribution in [1.29, 1.82) is 0 Å². The summed E-state index contributed by atoms with van der Waals surface area (Å²) in [6, 6.07) is 32.3. The molecule has 0 aromatic heterocycles. The molecule has 3 rings (SSSR count). The van der Waals surface area contributed by atoms with Gasteiger partial charge in [-0.05, 0) is 23.8 Å². The third kappa shape index (κ3) is 7.17. The summed E-state index contributed by atoms with van der Waals surface area (Å²) >= 11 is 0. The number of sulfonamides is 1. The molecule has 3 aromatic carbocycles. The van der Waals surface area contributed by atoms with Gasteiger partial charge in [0.2, 0.25) is 0 Å². The maximum absolute atomic E-state index is 10.8. The number of hydrogen-bond acceptors (Lipinski definition) is 2. The number of alkyl halides is 3. The van der Waals surface area contributed by atoms with Crippen molar-refractivity contribution in [2.45, 2.75) is 5.51 Å². The molecule has 0 amide bonds. The average molecular weight is 608 g/mol. The fourth-order valence-corrected chi connectivity index (χ4v) is 4.48. The van der Waals surface area contributed by atoms with E-state index in [1.165, 1.54) is 15.9 Å². The third-order valence-electron chi connectivity index (χ3n) is 3.37. The Morgan fingerprint density at radius 2 is 0.857 bits per heavy atom. The fourth-order valence-electron chi connectivity index (χ4n) is 2.18. The topological polar surface area (TPSA) is 60.2 Å². The van der Waals surface area contributed by atoms with Gasteiger partial charge in [0.15, 0.2) is 0 Å². The van der Waals surface area contributed by atoms with Gasteiger partial charge >= 0.3 is 15.5 Å². The standard InChI is InChI=1S/C18H15P.CH2F3NO2S.Au/c1-4-10-16(11-5-1)19(17-12-6-2-7-13-17)18-14-8-3-9-15-18;2-1(3,4)8(5,6)7;/h1-15H;(H2,5,6,7);. The Morgan fingerprint density at radius 3 is 1.04 bits per heavy atom. The van der Waals surface area contributed by atoms with Crippen molar-refractivity contribution in [2.24, 2.45) is 5.14 Å². The predicted molar refractivity (Wildman–Crippen MR) is 104 cm³/mol. The molecule has 0 saturated heterocycles. The van der Waals surface area contributed by atoms with Crippen LogP contribution in [-0.2, 0) is 32.4 Å². The Hall–Kier alpha value is -1.47. The van der Waals surface area contributed by atoms with Crippen LogP contribution in [0.4, 0.5) is 13.2 Å². The molecule has 0 unspecified atom stereocenters. The second-order valence-corrected chi connectivity index (χ2v) is 9.11. The second-order valence-electron chi connectivity index (χ2n) is 5.33. The minimum atomic E-state index is -5.34. The number of rotatable bonds is 3. The van der Waals surface area contributed by atoms with Gasteiger partial charge in [0, 0.05) is 22.4 Å². The zero-order valence-electron chi connectivity index (χ0n) is 14.3. The van der Waals surface area contributed by atoms with E-state index in [1.54, 1.807) is 0 Å². The number of halogens is 3. The molecule has 28 heavy (non-hydrogen) atoms. The van der Waals surface area contributed by atoms with Crippen LogP contribution in [0, 0.1) is 0 Å². The molecule has 0 spiro atoms. The van der Waals surface area contributed by atoms with Crippen LogP contribution in [0.3, 0.4) is 0 Å². The maximum atomic E-state index is 10.8. The first-order chi connectivity index (χ1) is 12.7. The normalized spacial score (nSPS) is 11.2. The summed E-state index contributed by atoms with van der Waals surface area (Å²) in [6.07, 6.45) is 0. The second kappa shape index (κ2) is 10.9. The molecule has 1 radical (unpaired) electrons. The van der Waals surface area contributed by atoms with Crippen molar-refractivity contribution in [3.8, 4) is 0 Å². The van der Waals surface area contributed by atoms with Gasteiger partial charge in [0.25, 0.3) is 0 Å². The molecule has 0 saturated carbocycles. The number of primary sulfonamides is 1. The minimum absolute atomic E-state index is 0. The van der Waals surface area contributed by atoms with E-state index in [0.717, 1.165) is 0 Å². The first-order valence-electron chi connectivity index (χ1n) is 7.74. The number of hydrogen-bond donors (Lipinski definition) is 1. The molecule has 0 aliphatic carbocycles. The fraction of sp³-hybridized carbons (Fsp3) is 0.0526. The summed E-state index contributed by atoms with van der Waals surface area (Å²) in [5.74, 6) is 0. The summed E-state index contributed by atoms with van der Waals surface area (Å²) in [5, 5.41) is 7.85. The third-order valence-corrected chi connectivity index (χ3v) is 6.45. The van der Waals surface area contributed by atoms with Gasteiger partial charge in [0.05, 0.1) is 0 Å². The zero-order chi connectivity index (χ0) is 19.9. The summed E-state index contributed by atoms with van der Waals surface area (Å²) in [5.41, 5.74) is -5.31. The molecule has 0 aliphatic heterocycles. The molecule has 0 heterocycles. The first-order valence-corrected chi connectivity index (χ1v) is 10.6.